The van der Waals surface area contributed by atoms with Gasteiger partial charge in [-0.1, -0.05) is 41.0 Å². The molecule has 2 rings (SSSR count). The lowest BCUT2D eigenvalue weighted by Crippen LogP contribution is -2.37. The molecule has 1 aliphatic rings. The van der Waals surface area contributed by atoms with Gasteiger partial charge >= 0.3 is 0 Å². The fraction of sp³-hybridized carbons (Fsp3) is 0.636. The zero-order valence-electron chi connectivity index (χ0n) is 18.2. The SMILES string of the molecule is CCCCOc1c2c(c(=O)n(CC(C)(C)C)c1CN)C=CC(OCCC)C2=O.Cl. The normalized spacial score (nSPS) is 15.8. The molecule has 2 N–H and O–H groups in total. The number of pyridine rings is 1. The predicted octanol–water partition coefficient (Wildman–Crippen LogP) is 3.96. The van der Waals surface area contributed by atoms with Gasteiger partial charge in [-0.2, -0.15) is 0 Å². The number of nitrogens with zero attached hydrogens (tertiary/aromatic N) is 1. The standard InChI is InChI=1S/C22H34N2O4.ClH/c1-6-8-12-28-20-16(13-23)24(14-22(3,4)5)21(26)15-9-10-17(27-11-7-2)19(25)18(15)20;/h9-10,17H,6-8,11-14,23H2,1-5H3;1H. The monoisotopic (exact) mass is 426 g/mol. The highest BCUT2D eigenvalue weighted by molar-refractivity contribution is 6.08. The third-order valence-electron chi connectivity index (χ3n) is 4.57. The average molecular weight is 427 g/mol. The second kappa shape index (κ2) is 11.0. The lowest BCUT2D eigenvalue weighted by atomic mass is 9.91. The second-order valence-corrected chi connectivity index (χ2v) is 8.44. The molecule has 6 nitrogen and oxygen atoms in total. The van der Waals surface area contributed by atoms with E-state index in [0.29, 0.717) is 42.3 Å². The molecule has 0 spiro atoms. The number of unbranched alkanes of at least 4 members (excludes halogenated alkanes) is 1. The molecule has 0 aromatic carbocycles. The van der Waals surface area contributed by atoms with E-state index in [1.807, 2.05) is 6.92 Å². The van der Waals surface area contributed by atoms with E-state index < -0.39 is 6.10 Å². The Morgan fingerprint density at radius 1 is 1.14 bits per heavy atom. The van der Waals surface area contributed by atoms with E-state index in [1.165, 1.54) is 0 Å². The van der Waals surface area contributed by atoms with E-state index in [-0.39, 0.29) is 35.7 Å². The van der Waals surface area contributed by atoms with Gasteiger partial charge in [0, 0.05) is 19.7 Å². The number of hydrogen-bond acceptors (Lipinski definition) is 5. The van der Waals surface area contributed by atoms with E-state index in [9.17, 15) is 9.59 Å². The van der Waals surface area contributed by atoms with Gasteiger partial charge < -0.3 is 19.8 Å². The quantitative estimate of drug-likeness (QED) is 0.604. The summed E-state index contributed by atoms with van der Waals surface area (Å²) in [6, 6.07) is 0. The fourth-order valence-corrected chi connectivity index (χ4v) is 3.27. The molecule has 1 unspecified atom stereocenters. The first-order chi connectivity index (χ1) is 13.2. The predicted molar refractivity (Wildman–Crippen MR) is 119 cm³/mol. The van der Waals surface area contributed by atoms with Gasteiger partial charge in [0.25, 0.3) is 5.56 Å². The van der Waals surface area contributed by atoms with Gasteiger partial charge in [0.05, 0.1) is 23.4 Å². The van der Waals surface area contributed by atoms with Crippen molar-refractivity contribution >= 4 is 24.3 Å². The second-order valence-electron chi connectivity index (χ2n) is 8.44. The van der Waals surface area contributed by atoms with Crippen molar-refractivity contribution in [3.05, 3.63) is 33.3 Å². The van der Waals surface area contributed by atoms with Crippen LogP contribution >= 0.6 is 12.4 Å². The van der Waals surface area contributed by atoms with E-state index in [2.05, 4.69) is 27.7 Å². The van der Waals surface area contributed by atoms with Gasteiger partial charge in [-0.3, -0.25) is 9.59 Å². The zero-order valence-corrected chi connectivity index (χ0v) is 19.1. The largest absolute Gasteiger partial charge is 0.491 e. The summed E-state index contributed by atoms with van der Waals surface area (Å²) in [4.78, 5) is 26.4. The molecule has 1 aromatic heterocycles. The summed E-state index contributed by atoms with van der Waals surface area (Å²) in [7, 11) is 0. The highest BCUT2D eigenvalue weighted by Crippen LogP contribution is 2.32. The van der Waals surface area contributed by atoms with Gasteiger partial charge in [-0.15, -0.1) is 12.4 Å². The molecule has 0 fully saturated rings. The maximum Gasteiger partial charge on any atom is 0.259 e. The molecule has 29 heavy (non-hydrogen) atoms. The summed E-state index contributed by atoms with van der Waals surface area (Å²) in [6.45, 7) is 11.8. The summed E-state index contributed by atoms with van der Waals surface area (Å²) >= 11 is 0. The number of Topliss-reactive ketones (excluding diaryl/α,β-unsaturated/α-hetero) is 1. The Bertz CT molecular complexity index is 793. The summed E-state index contributed by atoms with van der Waals surface area (Å²) < 4.78 is 13.4. The van der Waals surface area contributed by atoms with Crippen molar-refractivity contribution < 1.29 is 14.3 Å². The lowest BCUT2D eigenvalue weighted by Gasteiger charge is -2.28. The Kier molecular flexibility index (Phi) is 9.59. The minimum absolute atomic E-state index is 0. The van der Waals surface area contributed by atoms with E-state index in [0.717, 1.165) is 19.3 Å². The Labute approximate surface area is 179 Å². The van der Waals surface area contributed by atoms with Crippen molar-refractivity contribution in [3.8, 4) is 5.75 Å². The van der Waals surface area contributed by atoms with Gasteiger partial charge in [-0.05, 0) is 30.4 Å². The van der Waals surface area contributed by atoms with Crippen molar-refractivity contribution in [2.24, 2.45) is 11.1 Å². The van der Waals surface area contributed by atoms with Crippen LogP contribution in [0.5, 0.6) is 5.75 Å². The molecule has 1 aliphatic carbocycles. The molecule has 1 aromatic rings. The summed E-state index contributed by atoms with van der Waals surface area (Å²) in [5.41, 5.74) is 6.97. The molecular formula is C22H35ClN2O4. The third-order valence-corrected chi connectivity index (χ3v) is 4.57. The van der Waals surface area contributed by atoms with Gasteiger partial charge in [0.1, 0.15) is 6.10 Å². The summed E-state index contributed by atoms with van der Waals surface area (Å²) in [6.07, 6.45) is 5.32. The minimum Gasteiger partial charge on any atom is -0.491 e. The smallest absolute Gasteiger partial charge is 0.259 e. The first-order valence-electron chi connectivity index (χ1n) is 10.2. The molecule has 0 amide bonds. The maximum atomic E-state index is 13.2. The van der Waals surface area contributed by atoms with Crippen molar-refractivity contribution in [2.75, 3.05) is 13.2 Å². The molecule has 0 aliphatic heterocycles. The highest BCUT2D eigenvalue weighted by atomic mass is 35.5. The Morgan fingerprint density at radius 3 is 2.38 bits per heavy atom. The van der Waals surface area contributed by atoms with Crippen LogP contribution in [0.1, 0.15) is 75.5 Å². The van der Waals surface area contributed by atoms with Crippen molar-refractivity contribution in [1.82, 2.24) is 4.57 Å². The minimum atomic E-state index is -0.690. The van der Waals surface area contributed by atoms with Gasteiger partial charge in [-0.25, -0.2) is 0 Å². The van der Waals surface area contributed by atoms with Crippen LogP contribution in [0.2, 0.25) is 0 Å². The van der Waals surface area contributed by atoms with Crippen LogP contribution in [0.15, 0.2) is 10.9 Å². The molecular weight excluding hydrogens is 392 g/mol. The molecule has 1 heterocycles. The Balaban J connectivity index is 0.00000420. The lowest BCUT2D eigenvalue weighted by molar-refractivity contribution is 0.0563. The Hall–Kier alpha value is -1.63. The van der Waals surface area contributed by atoms with Crippen LogP contribution in [-0.2, 0) is 17.8 Å². The van der Waals surface area contributed by atoms with Crippen LogP contribution < -0.4 is 16.0 Å². The van der Waals surface area contributed by atoms with Crippen LogP contribution in [0.3, 0.4) is 0 Å². The van der Waals surface area contributed by atoms with E-state index in [4.69, 9.17) is 15.2 Å². The van der Waals surface area contributed by atoms with Crippen LogP contribution in [0.25, 0.3) is 6.08 Å². The zero-order chi connectivity index (χ0) is 20.9. The third kappa shape index (κ3) is 5.93. The van der Waals surface area contributed by atoms with E-state index in [1.54, 1.807) is 16.7 Å². The van der Waals surface area contributed by atoms with E-state index >= 15 is 0 Å². The number of ketones is 1. The first-order valence-corrected chi connectivity index (χ1v) is 10.2. The van der Waals surface area contributed by atoms with Crippen molar-refractivity contribution in [1.29, 1.82) is 0 Å². The number of nitrogens with two attached hydrogens (primary N) is 1. The van der Waals surface area contributed by atoms with Gasteiger partial charge in [0.15, 0.2) is 11.5 Å². The number of carbonyl (C=O) groups excluding carboxylic acids is 1. The topological polar surface area (TPSA) is 83.6 Å². The number of rotatable bonds is 9. The summed E-state index contributed by atoms with van der Waals surface area (Å²) in [5.74, 6) is 0.210. The van der Waals surface area contributed by atoms with Crippen LogP contribution in [-0.4, -0.2) is 29.7 Å². The van der Waals surface area contributed by atoms with Crippen molar-refractivity contribution in [2.45, 2.75) is 73.1 Å². The number of aromatic nitrogens is 1. The molecule has 1 atom stereocenters. The molecule has 0 bridgehead atoms. The van der Waals surface area contributed by atoms with Gasteiger partial charge in [0.2, 0.25) is 0 Å². The molecule has 0 saturated heterocycles. The number of fused-ring (bicyclic) bond motifs is 1. The summed E-state index contributed by atoms with van der Waals surface area (Å²) in [5, 5.41) is 0. The molecule has 7 heteroatoms. The molecule has 0 radical (unpaired) electrons. The maximum absolute atomic E-state index is 13.2. The number of ether oxygens (including phenoxy) is 2. The number of hydrogen-bond donors (Lipinski definition) is 1. The van der Waals surface area contributed by atoms with Crippen LogP contribution in [0, 0.1) is 5.41 Å². The molecule has 0 saturated carbocycles. The van der Waals surface area contributed by atoms with Crippen LogP contribution in [0.4, 0.5) is 0 Å². The highest BCUT2D eigenvalue weighted by Gasteiger charge is 2.33. The first kappa shape index (κ1) is 25.4. The number of halogens is 1. The fourth-order valence-electron chi connectivity index (χ4n) is 3.27. The Morgan fingerprint density at radius 2 is 1.83 bits per heavy atom. The molecule has 164 valence electrons. The number of carbonyl (C=O) groups is 1. The average Bonchev–Trinajstić information content (AvgIpc) is 2.63. The van der Waals surface area contributed by atoms with Crippen molar-refractivity contribution in [3.63, 3.8) is 0 Å².